The smallest absolute Gasteiger partial charge is 0.327 e. The molecule has 2 atom stereocenters. The van der Waals surface area contributed by atoms with E-state index in [1.165, 1.54) is 0 Å². The molecule has 128 valence electrons. The molecule has 0 amide bonds. The Labute approximate surface area is 125 Å². The quantitative estimate of drug-likeness (QED) is 0.270. The molecule has 0 aromatic carbocycles. The fourth-order valence-corrected chi connectivity index (χ4v) is 0.587. The normalized spacial score (nSPS) is 12.1. The van der Waals surface area contributed by atoms with Crippen LogP contribution in [0.1, 0.15) is 13.8 Å². The third-order valence-electron chi connectivity index (χ3n) is 1.52. The van der Waals surface area contributed by atoms with E-state index < -0.39 is 12.1 Å². The molecule has 5 N–H and O–H groups in total. The highest BCUT2D eigenvalue weighted by Crippen LogP contribution is 1.90. The van der Waals surface area contributed by atoms with Gasteiger partial charge in [-0.3, -0.25) is 0 Å². The molecule has 0 radical (unpaired) electrons. The van der Waals surface area contributed by atoms with Crippen molar-refractivity contribution >= 4 is 5.97 Å². The van der Waals surface area contributed by atoms with E-state index in [2.05, 4.69) is 11.3 Å². The Morgan fingerprint density at radius 2 is 1.62 bits per heavy atom. The maximum absolute atomic E-state index is 9.25. The van der Waals surface area contributed by atoms with Crippen molar-refractivity contribution in [2.45, 2.75) is 26.1 Å². The number of aliphatic hydroxyl groups excluding tert-OH is 4. The molecule has 0 saturated carbocycles. The Kier molecular flexibility index (Phi) is 25.3. The number of rotatable bonds is 9. The van der Waals surface area contributed by atoms with E-state index in [0.29, 0.717) is 19.8 Å². The van der Waals surface area contributed by atoms with Gasteiger partial charge in [0.05, 0.1) is 51.8 Å². The minimum Gasteiger partial charge on any atom is -0.478 e. The number of aliphatic hydroxyl groups is 4. The molecular formula is C13H28O8. The number of carboxylic acids is 1. The number of ether oxygens (including phenoxy) is 2. The van der Waals surface area contributed by atoms with Crippen LogP contribution in [0.3, 0.4) is 0 Å². The van der Waals surface area contributed by atoms with Gasteiger partial charge in [-0.25, -0.2) is 4.79 Å². The molecule has 0 aliphatic rings. The first kappa shape index (κ1) is 25.0. The SMILES string of the molecule is C=CC(=O)O.CC(O)COC(C)CO.OCCOCCO. The van der Waals surface area contributed by atoms with Crippen LogP contribution in [0, 0.1) is 0 Å². The van der Waals surface area contributed by atoms with Crippen LogP contribution in [0.4, 0.5) is 0 Å². The molecule has 0 bridgehead atoms. The third-order valence-corrected chi connectivity index (χ3v) is 1.52. The Hall–Kier alpha value is -1.03. The first-order valence-corrected chi connectivity index (χ1v) is 6.40. The number of hydrogen-bond donors (Lipinski definition) is 5. The van der Waals surface area contributed by atoms with Crippen LogP contribution in [-0.4, -0.2) is 83.4 Å². The lowest BCUT2D eigenvalue weighted by Crippen LogP contribution is -2.19. The minimum atomic E-state index is -0.981. The lowest BCUT2D eigenvalue weighted by molar-refractivity contribution is -0.131. The molecule has 8 nitrogen and oxygen atoms in total. The molecule has 8 heteroatoms. The summed E-state index contributed by atoms with van der Waals surface area (Å²) in [5, 5.41) is 40.9. The van der Waals surface area contributed by atoms with Gasteiger partial charge in [-0.1, -0.05) is 6.58 Å². The highest BCUT2D eigenvalue weighted by Gasteiger charge is 2.00. The molecule has 0 heterocycles. The number of hydrogen-bond acceptors (Lipinski definition) is 7. The van der Waals surface area contributed by atoms with E-state index in [4.69, 9.17) is 30.3 Å². The zero-order chi connectivity index (χ0) is 17.1. The summed E-state index contributed by atoms with van der Waals surface area (Å²) >= 11 is 0. The van der Waals surface area contributed by atoms with E-state index in [1.807, 2.05) is 0 Å². The molecule has 0 saturated heterocycles. The zero-order valence-corrected chi connectivity index (χ0v) is 12.6. The van der Waals surface area contributed by atoms with E-state index in [9.17, 15) is 4.79 Å². The molecule has 21 heavy (non-hydrogen) atoms. The molecular weight excluding hydrogens is 284 g/mol. The molecule has 0 fully saturated rings. The van der Waals surface area contributed by atoms with Gasteiger partial charge in [0.2, 0.25) is 0 Å². The first-order chi connectivity index (χ1) is 9.85. The van der Waals surface area contributed by atoms with E-state index in [1.54, 1.807) is 13.8 Å². The molecule has 0 spiro atoms. The number of carboxylic acid groups (broad SMARTS) is 1. The van der Waals surface area contributed by atoms with Gasteiger partial charge in [-0.2, -0.15) is 0 Å². The number of aliphatic carboxylic acids is 1. The van der Waals surface area contributed by atoms with E-state index >= 15 is 0 Å². The van der Waals surface area contributed by atoms with Crippen molar-refractivity contribution in [1.29, 1.82) is 0 Å². The number of carbonyl (C=O) groups is 1. The summed E-state index contributed by atoms with van der Waals surface area (Å²) < 4.78 is 9.58. The lowest BCUT2D eigenvalue weighted by atomic mass is 10.4. The van der Waals surface area contributed by atoms with Gasteiger partial charge >= 0.3 is 5.97 Å². The van der Waals surface area contributed by atoms with Crippen molar-refractivity contribution in [3.8, 4) is 0 Å². The van der Waals surface area contributed by atoms with Crippen LogP contribution in [0.5, 0.6) is 0 Å². The van der Waals surface area contributed by atoms with Crippen molar-refractivity contribution in [2.75, 3.05) is 39.6 Å². The summed E-state index contributed by atoms with van der Waals surface area (Å²) in [5.74, 6) is -0.981. The summed E-state index contributed by atoms with van der Waals surface area (Å²) in [6.45, 7) is 7.35. The van der Waals surface area contributed by atoms with Crippen molar-refractivity contribution in [2.24, 2.45) is 0 Å². The second-order valence-corrected chi connectivity index (χ2v) is 3.78. The van der Waals surface area contributed by atoms with Gasteiger partial charge in [0, 0.05) is 6.08 Å². The van der Waals surface area contributed by atoms with Crippen molar-refractivity contribution in [3.63, 3.8) is 0 Å². The summed E-state index contributed by atoms with van der Waals surface area (Å²) in [7, 11) is 0. The van der Waals surface area contributed by atoms with Crippen molar-refractivity contribution in [1.82, 2.24) is 0 Å². The second kappa shape index (κ2) is 21.3. The largest absolute Gasteiger partial charge is 0.478 e. The molecule has 2 unspecified atom stereocenters. The highest BCUT2D eigenvalue weighted by molar-refractivity contribution is 5.78. The van der Waals surface area contributed by atoms with Gasteiger partial charge in [0.25, 0.3) is 0 Å². The topological polar surface area (TPSA) is 137 Å². The van der Waals surface area contributed by atoms with Crippen LogP contribution in [-0.2, 0) is 14.3 Å². The Morgan fingerprint density at radius 1 is 1.19 bits per heavy atom. The minimum absolute atomic E-state index is 0.00667. The summed E-state index contributed by atoms with van der Waals surface area (Å²) in [4.78, 5) is 9.25. The Bertz CT molecular complexity index is 216. The summed E-state index contributed by atoms with van der Waals surface area (Å²) in [5.41, 5.74) is 0. The molecule has 0 aliphatic heterocycles. The van der Waals surface area contributed by atoms with Crippen LogP contribution < -0.4 is 0 Å². The molecule has 0 aromatic heterocycles. The van der Waals surface area contributed by atoms with E-state index in [0.717, 1.165) is 6.08 Å². The predicted octanol–water partition coefficient (Wildman–Crippen LogP) is -0.991. The fraction of sp³-hybridized carbons (Fsp3) is 0.769. The lowest BCUT2D eigenvalue weighted by Gasteiger charge is -2.10. The molecule has 0 aliphatic carbocycles. The third kappa shape index (κ3) is 38.1. The Balaban J connectivity index is -0.000000242. The fourth-order valence-electron chi connectivity index (χ4n) is 0.587. The second-order valence-electron chi connectivity index (χ2n) is 3.78. The van der Waals surface area contributed by atoms with Crippen LogP contribution >= 0.6 is 0 Å². The van der Waals surface area contributed by atoms with Gasteiger partial charge in [0.1, 0.15) is 0 Å². The standard InChI is InChI=1S/C6H14O3.C4H10O3.C3H4O2/c1-5(8)4-9-6(2)3-7;5-1-3-7-4-2-6;1-2-3(4)5/h5-8H,3-4H2,1-2H3;5-6H,1-4H2;2H,1H2,(H,4,5). The zero-order valence-electron chi connectivity index (χ0n) is 12.6. The van der Waals surface area contributed by atoms with Gasteiger partial charge in [-0.15, -0.1) is 0 Å². The molecule has 0 aromatic rings. The maximum atomic E-state index is 9.25. The average Bonchev–Trinajstić information content (AvgIpc) is 2.46. The average molecular weight is 312 g/mol. The Morgan fingerprint density at radius 3 is 1.86 bits per heavy atom. The highest BCUT2D eigenvalue weighted by atomic mass is 16.5. The van der Waals surface area contributed by atoms with E-state index in [-0.39, 0.29) is 25.9 Å². The van der Waals surface area contributed by atoms with Gasteiger partial charge in [-0.05, 0) is 13.8 Å². The predicted molar refractivity (Wildman–Crippen MR) is 77.0 cm³/mol. The maximum Gasteiger partial charge on any atom is 0.327 e. The first-order valence-electron chi connectivity index (χ1n) is 6.40. The van der Waals surface area contributed by atoms with Crippen LogP contribution in [0.25, 0.3) is 0 Å². The summed E-state index contributed by atoms with van der Waals surface area (Å²) in [6.07, 6.45) is 0.221. The van der Waals surface area contributed by atoms with Gasteiger partial charge in [0.15, 0.2) is 0 Å². The molecule has 0 rings (SSSR count). The van der Waals surface area contributed by atoms with Crippen LogP contribution in [0.2, 0.25) is 0 Å². The van der Waals surface area contributed by atoms with Crippen molar-refractivity contribution < 1.29 is 39.8 Å². The van der Waals surface area contributed by atoms with Crippen LogP contribution in [0.15, 0.2) is 12.7 Å². The van der Waals surface area contributed by atoms with Crippen molar-refractivity contribution in [3.05, 3.63) is 12.7 Å². The van der Waals surface area contributed by atoms with Gasteiger partial charge < -0.3 is 35.0 Å². The monoisotopic (exact) mass is 312 g/mol. The summed E-state index contributed by atoms with van der Waals surface area (Å²) in [6, 6.07) is 0.